The molecular formula is C12H8ClNOS. The summed E-state index contributed by atoms with van der Waals surface area (Å²) >= 11 is 7.48. The van der Waals surface area contributed by atoms with Gasteiger partial charge in [-0.05, 0) is 35.9 Å². The molecule has 16 heavy (non-hydrogen) atoms. The summed E-state index contributed by atoms with van der Waals surface area (Å²) in [5, 5.41) is 9.32. The van der Waals surface area contributed by atoms with Crippen LogP contribution in [0, 0.1) is 11.3 Å². The molecule has 0 amide bonds. The van der Waals surface area contributed by atoms with Gasteiger partial charge in [-0.15, -0.1) is 11.3 Å². The van der Waals surface area contributed by atoms with Gasteiger partial charge in [0.2, 0.25) is 0 Å². The molecule has 1 heterocycles. The second-order valence-electron chi connectivity index (χ2n) is 3.13. The fourth-order valence-electron chi connectivity index (χ4n) is 1.37. The fourth-order valence-corrected chi connectivity index (χ4v) is 2.43. The molecule has 0 unspecified atom stereocenters. The van der Waals surface area contributed by atoms with Gasteiger partial charge in [-0.2, -0.15) is 5.26 Å². The highest BCUT2D eigenvalue weighted by molar-refractivity contribution is 7.16. The summed E-state index contributed by atoms with van der Waals surface area (Å²) in [5.74, 6) is 0.655. The third-order valence-electron chi connectivity index (χ3n) is 2.15. The molecule has 2 rings (SSSR count). The van der Waals surface area contributed by atoms with Crippen molar-refractivity contribution in [2.45, 2.75) is 0 Å². The number of methoxy groups -OCH3 is 1. The van der Waals surface area contributed by atoms with E-state index in [0.29, 0.717) is 15.6 Å². The number of nitrogens with zero attached hydrogens (tertiary/aromatic N) is 1. The van der Waals surface area contributed by atoms with Crippen LogP contribution < -0.4 is 4.74 Å². The maximum absolute atomic E-state index is 8.75. The van der Waals surface area contributed by atoms with Gasteiger partial charge in [-0.25, -0.2) is 0 Å². The third kappa shape index (κ3) is 2.04. The van der Waals surface area contributed by atoms with Crippen LogP contribution in [0.4, 0.5) is 0 Å². The first-order valence-corrected chi connectivity index (χ1v) is 5.78. The Kier molecular flexibility index (Phi) is 3.14. The zero-order chi connectivity index (χ0) is 11.5. The number of benzene rings is 1. The fraction of sp³-hybridized carbons (Fsp3) is 0.0833. The van der Waals surface area contributed by atoms with Gasteiger partial charge >= 0.3 is 0 Å². The van der Waals surface area contributed by atoms with Crippen LogP contribution in [0.3, 0.4) is 0 Å². The highest BCUT2D eigenvalue weighted by Gasteiger charge is 2.06. The smallest absolute Gasteiger partial charge is 0.137 e. The Morgan fingerprint density at radius 3 is 2.69 bits per heavy atom. The molecule has 2 nitrogen and oxygen atoms in total. The number of thiophene rings is 1. The number of ether oxygens (including phenoxy) is 1. The first kappa shape index (κ1) is 11.0. The summed E-state index contributed by atoms with van der Waals surface area (Å²) in [6.45, 7) is 0. The average Bonchev–Trinajstić information content (AvgIpc) is 2.77. The van der Waals surface area contributed by atoms with Crippen molar-refractivity contribution < 1.29 is 4.74 Å². The molecule has 0 atom stereocenters. The van der Waals surface area contributed by atoms with E-state index in [1.165, 1.54) is 11.3 Å². The van der Waals surface area contributed by atoms with Crippen LogP contribution in [-0.4, -0.2) is 7.11 Å². The second kappa shape index (κ2) is 4.56. The lowest BCUT2D eigenvalue weighted by molar-refractivity contribution is 0.415. The van der Waals surface area contributed by atoms with Crippen molar-refractivity contribution in [3.63, 3.8) is 0 Å². The standard InChI is InChI=1S/C12H8ClNOS/c1-15-11-4-2-8(6-10(11)13)12-5-3-9(7-14)16-12/h2-6H,1H3. The number of halogens is 1. The van der Waals surface area contributed by atoms with E-state index in [4.69, 9.17) is 21.6 Å². The van der Waals surface area contributed by atoms with Crippen molar-refractivity contribution in [3.8, 4) is 22.3 Å². The van der Waals surface area contributed by atoms with E-state index in [1.54, 1.807) is 13.2 Å². The molecule has 0 saturated heterocycles. The van der Waals surface area contributed by atoms with Crippen molar-refractivity contribution >= 4 is 22.9 Å². The summed E-state index contributed by atoms with van der Waals surface area (Å²) in [6.07, 6.45) is 0. The molecule has 0 saturated carbocycles. The number of rotatable bonds is 2. The van der Waals surface area contributed by atoms with Gasteiger partial charge in [0.15, 0.2) is 0 Å². The Morgan fingerprint density at radius 2 is 2.12 bits per heavy atom. The maximum atomic E-state index is 8.75. The van der Waals surface area contributed by atoms with Crippen molar-refractivity contribution in [1.82, 2.24) is 0 Å². The molecule has 0 aliphatic carbocycles. The summed E-state index contributed by atoms with van der Waals surface area (Å²) in [6, 6.07) is 11.4. The van der Waals surface area contributed by atoms with Crippen LogP contribution in [0.15, 0.2) is 30.3 Å². The molecule has 1 aromatic carbocycles. The van der Waals surface area contributed by atoms with Crippen molar-refractivity contribution in [2.75, 3.05) is 7.11 Å². The van der Waals surface area contributed by atoms with Crippen molar-refractivity contribution in [3.05, 3.63) is 40.2 Å². The van der Waals surface area contributed by atoms with E-state index in [0.717, 1.165) is 10.4 Å². The molecule has 0 spiro atoms. The third-order valence-corrected chi connectivity index (χ3v) is 3.49. The number of nitriles is 1. The largest absolute Gasteiger partial charge is 0.495 e. The molecule has 0 fully saturated rings. The van der Waals surface area contributed by atoms with Gasteiger partial charge in [0.25, 0.3) is 0 Å². The topological polar surface area (TPSA) is 33.0 Å². The Morgan fingerprint density at radius 1 is 1.31 bits per heavy atom. The Hall–Kier alpha value is -1.50. The number of hydrogen-bond acceptors (Lipinski definition) is 3. The van der Waals surface area contributed by atoms with Gasteiger partial charge in [-0.3, -0.25) is 0 Å². The molecule has 0 radical (unpaired) electrons. The molecule has 0 aliphatic rings. The molecule has 2 aromatic rings. The van der Waals surface area contributed by atoms with Gasteiger partial charge in [0.05, 0.1) is 12.1 Å². The van der Waals surface area contributed by atoms with E-state index in [2.05, 4.69) is 6.07 Å². The molecule has 0 aliphatic heterocycles. The van der Waals surface area contributed by atoms with Crippen LogP contribution >= 0.6 is 22.9 Å². The molecule has 4 heteroatoms. The summed E-state index contributed by atoms with van der Waals surface area (Å²) in [5.41, 5.74) is 0.998. The predicted octanol–water partition coefficient (Wildman–Crippen LogP) is 3.95. The Balaban J connectivity index is 2.42. The first-order valence-electron chi connectivity index (χ1n) is 4.58. The van der Waals surface area contributed by atoms with Gasteiger partial charge in [0.1, 0.15) is 16.7 Å². The normalized spacial score (nSPS) is 9.81. The van der Waals surface area contributed by atoms with Gasteiger partial charge < -0.3 is 4.74 Å². The van der Waals surface area contributed by atoms with E-state index >= 15 is 0 Å². The zero-order valence-electron chi connectivity index (χ0n) is 8.53. The summed E-state index contributed by atoms with van der Waals surface area (Å²) in [7, 11) is 1.58. The lowest BCUT2D eigenvalue weighted by atomic mass is 10.2. The molecular weight excluding hydrogens is 242 g/mol. The molecule has 80 valence electrons. The SMILES string of the molecule is COc1ccc(-c2ccc(C#N)s2)cc1Cl. The van der Waals surface area contributed by atoms with E-state index in [-0.39, 0.29) is 0 Å². The van der Waals surface area contributed by atoms with Crippen LogP contribution in [0.2, 0.25) is 5.02 Å². The van der Waals surface area contributed by atoms with Crippen LogP contribution in [0.25, 0.3) is 10.4 Å². The monoisotopic (exact) mass is 249 g/mol. The van der Waals surface area contributed by atoms with Crippen molar-refractivity contribution in [2.24, 2.45) is 0 Å². The minimum Gasteiger partial charge on any atom is -0.495 e. The average molecular weight is 250 g/mol. The van der Waals surface area contributed by atoms with Crippen LogP contribution in [0.1, 0.15) is 4.88 Å². The zero-order valence-corrected chi connectivity index (χ0v) is 10.1. The lowest BCUT2D eigenvalue weighted by Gasteiger charge is -2.04. The van der Waals surface area contributed by atoms with Gasteiger partial charge in [0, 0.05) is 4.88 Å². The maximum Gasteiger partial charge on any atom is 0.137 e. The minimum atomic E-state index is 0.576. The van der Waals surface area contributed by atoms with E-state index in [1.807, 2.05) is 24.3 Å². The molecule has 1 aromatic heterocycles. The predicted molar refractivity (Wildman–Crippen MR) is 66.0 cm³/mol. The highest BCUT2D eigenvalue weighted by atomic mass is 35.5. The van der Waals surface area contributed by atoms with E-state index < -0.39 is 0 Å². The van der Waals surface area contributed by atoms with Crippen LogP contribution in [0.5, 0.6) is 5.75 Å². The van der Waals surface area contributed by atoms with Gasteiger partial charge in [-0.1, -0.05) is 11.6 Å². The van der Waals surface area contributed by atoms with Crippen LogP contribution in [-0.2, 0) is 0 Å². The summed E-state index contributed by atoms with van der Waals surface area (Å²) in [4.78, 5) is 1.73. The summed E-state index contributed by atoms with van der Waals surface area (Å²) < 4.78 is 5.08. The van der Waals surface area contributed by atoms with Crippen molar-refractivity contribution in [1.29, 1.82) is 5.26 Å². The Bertz CT molecular complexity index is 556. The second-order valence-corrected chi connectivity index (χ2v) is 4.62. The highest BCUT2D eigenvalue weighted by Crippen LogP contribution is 2.33. The van der Waals surface area contributed by atoms with E-state index in [9.17, 15) is 0 Å². The lowest BCUT2D eigenvalue weighted by Crippen LogP contribution is -1.83. The molecule has 0 N–H and O–H groups in total. The number of hydrogen-bond donors (Lipinski definition) is 0. The Labute approximate surface area is 103 Å². The minimum absolute atomic E-state index is 0.576. The first-order chi connectivity index (χ1) is 7.74. The quantitative estimate of drug-likeness (QED) is 0.807. The molecule has 0 bridgehead atoms.